The van der Waals surface area contributed by atoms with E-state index < -0.39 is 10.0 Å². The number of aromatic nitrogens is 1. The van der Waals surface area contributed by atoms with Gasteiger partial charge in [-0.2, -0.15) is 0 Å². The van der Waals surface area contributed by atoms with Gasteiger partial charge in [-0.25, -0.2) is 13.1 Å². The van der Waals surface area contributed by atoms with Gasteiger partial charge >= 0.3 is 0 Å². The number of benzene rings is 1. The molecule has 0 aliphatic rings. The SMILES string of the molecule is NC(=S)CCNS(=O)(=O)c1cccc2cnccc12. The van der Waals surface area contributed by atoms with Gasteiger partial charge < -0.3 is 5.73 Å². The number of nitrogens with zero attached hydrogens (tertiary/aromatic N) is 1. The van der Waals surface area contributed by atoms with Gasteiger partial charge in [-0.05, 0) is 12.1 Å². The minimum atomic E-state index is -3.58. The van der Waals surface area contributed by atoms with Crippen molar-refractivity contribution >= 4 is 38.0 Å². The summed E-state index contributed by atoms with van der Waals surface area (Å²) in [4.78, 5) is 4.49. The smallest absolute Gasteiger partial charge is 0.241 e. The van der Waals surface area contributed by atoms with E-state index in [-0.39, 0.29) is 16.4 Å². The van der Waals surface area contributed by atoms with Crippen molar-refractivity contribution in [2.75, 3.05) is 6.54 Å². The minimum Gasteiger partial charge on any atom is -0.393 e. The number of fused-ring (bicyclic) bond motifs is 1. The normalized spacial score (nSPS) is 11.6. The first-order valence-electron chi connectivity index (χ1n) is 5.61. The highest BCUT2D eigenvalue weighted by Gasteiger charge is 2.16. The van der Waals surface area contributed by atoms with Crippen LogP contribution in [0.1, 0.15) is 6.42 Å². The lowest BCUT2D eigenvalue weighted by Crippen LogP contribution is -2.27. The zero-order valence-electron chi connectivity index (χ0n) is 10.0. The predicted molar refractivity (Wildman–Crippen MR) is 78.3 cm³/mol. The predicted octanol–water partition coefficient (Wildman–Crippen LogP) is 1.19. The molecule has 3 N–H and O–H groups in total. The van der Waals surface area contributed by atoms with Crippen molar-refractivity contribution in [2.45, 2.75) is 11.3 Å². The maximum Gasteiger partial charge on any atom is 0.241 e. The first-order chi connectivity index (χ1) is 9.00. The average molecular weight is 295 g/mol. The molecule has 2 aromatic rings. The molecule has 2 rings (SSSR count). The molecule has 0 atom stereocenters. The number of thiocarbonyl (C=S) groups is 1. The van der Waals surface area contributed by atoms with Gasteiger partial charge in [-0.3, -0.25) is 4.98 Å². The monoisotopic (exact) mass is 295 g/mol. The van der Waals surface area contributed by atoms with E-state index in [9.17, 15) is 8.42 Å². The van der Waals surface area contributed by atoms with Crippen molar-refractivity contribution in [3.8, 4) is 0 Å². The van der Waals surface area contributed by atoms with Crippen molar-refractivity contribution in [1.29, 1.82) is 0 Å². The lowest BCUT2D eigenvalue weighted by atomic mass is 10.2. The van der Waals surface area contributed by atoms with Crippen molar-refractivity contribution in [3.05, 3.63) is 36.7 Å². The van der Waals surface area contributed by atoms with Crippen LogP contribution in [0.25, 0.3) is 10.8 Å². The topological polar surface area (TPSA) is 85.1 Å². The molecule has 0 bridgehead atoms. The molecule has 0 unspecified atom stereocenters. The van der Waals surface area contributed by atoms with Crippen LogP contribution in [0.15, 0.2) is 41.6 Å². The molecule has 1 aromatic heterocycles. The number of hydrogen-bond acceptors (Lipinski definition) is 4. The molecule has 0 amide bonds. The Hall–Kier alpha value is -1.57. The molecule has 7 heteroatoms. The Bertz CT molecular complexity index is 708. The van der Waals surface area contributed by atoms with Gasteiger partial charge in [0.05, 0.1) is 9.88 Å². The third-order valence-electron chi connectivity index (χ3n) is 2.59. The third-order valence-corrected chi connectivity index (χ3v) is 4.32. The van der Waals surface area contributed by atoms with Crippen LogP contribution in [0.4, 0.5) is 0 Å². The largest absolute Gasteiger partial charge is 0.393 e. The van der Waals surface area contributed by atoms with Crippen molar-refractivity contribution in [3.63, 3.8) is 0 Å². The quantitative estimate of drug-likeness (QED) is 0.809. The molecule has 0 aliphatic heterocycles. The molecular formula is C12H13N3O2S2. The van der Waals surface area contributed by atoms with Crippen molar-refractivity contribution in [1.82, 2.24) is 9.71 Å². The average Bonchev–Trinajstić information content (AvgIpc) is 2.37. The lowest BCUT2D eigenvalue weighted by molar-refractivity contribution is 0.583. The molecule has 19 heavy (non-hydrogen) atoms. The molecule has 100 valence electrons. The second kappa shape index (κ2) is 5.60. The fourth-order valence-corrected chi connectivity index (χ4v) is 3.07. The van der Waals surface area contributed by atoms with E-state index in [2.05, 4.69) is 9.71 Å². The molecular weight excluding hydrogens is 282 g/mol. The van der Waals surface area contributed by atoms with Gasteiger partial charge in [0, 0.05) is 36.1 Å². The second-order valence-electron chi connectivity index (χ2n) is 3.97. The summed E-state index contributed by atoms with van der Waals surface area (Å²) >= 11 is 4.71. The van der Waals surface area contributed by atoms with Gasteiger partial charge in [-0.1, -0.05) is 24.4 Å². The van der Waals surface area contributed by atoms with E-state index in [1.54, 1.807) is 30.6 Å². The van der Waals surface area contributed by atoms with Gasteiger partial charge in [-0.15, -0.1) is 0 Å². The Morgan fingerprint density at radius 3 is 2.89 bits per heavy atom. The maximum absolute atomic E-state index is 12.2. The van der Waals surface area contributed by atoms with Gasteiger partial charge in [0.1, 0.15) is 0 Å². The maximum atomic E-state index is 12.2. The van der Waals surface area contributed by atoms with Crippen LogP contribution in [0.3, 0.4) is 0 Å². The van der Waals surface area contributed by atoms with Gasteiger partial charge in [0.15, 0.2) is 0 Å². The number of pyridine rings is 1. The van der Waals surface area contributed by atoms with Crippen LogP contribution in [-0.4, -0.2) is 24.9 Å². The standard InChI is InChI=1S/C12H13N3O2S2/c13-12(18)5-7-15-19(16,17)11-3-1-2-9-8-14-6-4-10(9)11/h1-4,6,8,15H,5,7H2,(H2,13,18). The van der Waals surface area contributed by atoms with Crippen LogP contribution >= 0.6 is 12.2 Å². The van der Waals surface area contributed by atoms with Gasteiger partial charge in [0.25, 0.3) is 0 Å². The minimum absolute atomic E-state index is 0.194. The molecule has 5 nitrogen and oxygen atoms in total. The number of hydrogen-bond donors (Lipinski definition) is 2. The number of nitrogens with one attached hydrogen (secondary N) is 1. The van der Waals surface area contributed by atoms with Gasteiger partial charge in [0.2, 0.25) is 10.0 Å². The zero-order chi connectivity index (χ0) is 13.9. The molecule has 0 fully saturated rings. The number of rotatable bonds is 5. The summed E-state index contributed by atoms with van der Waals surface area (Å²) in [7, 11) is -3.58. The second-order valence-corrected chi connectivity index (χ2v) is 6.23. The Labute approximate surface area is 116 Å². The van der Waals surface area contributed by atoms with E-state index in [4.69, 9.17) is 18.0 Å². The van der Waals surface area contributed by atoms with Crippen LogP contribution in [0.2, 0.25) is 0 Å². The Kier molecular flexibility index (Phi) is 4.08. The molecule has 0 radical (unpaired) electrons. The van der Waals surface area contributed by atoms with Crippen LogP contribution in [0, 0.1) is 0 Å². The molecule has 0 aliphatic carbocycles. The fourth-order valence-electron chi connectivity index (χ4n) is 1.71. The summed E-state index contributed by atoms with van der Waals surface area (Å²) in [5, 5.41) is 1.42. The van der Waals surface area contributed by atoms with E-state index in [0.717, 1.165) is 5.39 Å². The fraction of sp³-hybridized carbons (Fsp3) is 0.167. The Morgan fingerprint density at radius 2 is 2.16 bits per heavy atom. The first-order valence-corrected chi connectivity index (χ1v) is 7.50. The van der Waals surface area contributed by atoms with Crippen molar-refractivity contribution < 1.29 is 8.42 Å². The summed E-state index contributed by atoms with van der Waals surface area (Å²) < 4.78 is 26.9. The van der Waals surface area contributed by atoms with Crippen molar-refractivity contribution in [2.24, 2.45) is 5.73 Å². The van der Waals surface area contributed by atoms with E-state index in [0.29, 0.717) is 11.8 Å². The number of nitrogens with two attached hydrogens (primary N) is 1. The first kappa shape index (κ1) is 13.9. The summed E-state index contributed by atoms with van der Waals surface area (Å²) in [6.07, 6.45) is 3.53. The highest BCUT2D eigenvalue weighted by Crippen LogP contribution is 2.21. The van der Waals surface area contributed by atoms with E-state index in [1.807, 2.05) is 6.07 Å². The lowest BCUT2D eigenvalue weighted by Gasteiger charge is -2.08. The van der Waals surface area contributed by atoms with E-state index in [1.165, 1.54) is 0 Å². The molecule has 0 saturated carbocycles. The van der Waals surface area contributed by atoms with Crippen LogP contribution in [0.5, 0.6) is 0 Å². The summed E-state index contributed by atoms with van der Waals surface area (Å²) in [5.41, 5.74) is 5.34. The summed E-state index contributed by atoms with van der Waals surface area (Å²) in [5.74, 6) is 0. The van der Waals surface area contributed by atoms with Crippen LogP contribution in [-0.2, 0) is 10.0 Å². The highest BCUT2D eigenvalue weighted by molar-refractivity contribution is 7.89. The molecule has 1 heterocycles. The highest BCUT2D eigenvalue weighted by atomic mass is 32.2. The summed E-state index contributed by atoms with van der Waals surface area (Å²) in [6.45, 7) is 0.194. The number of sulfonamides is 1. The summed E-state index contributed by atoms with van der Waals surface area (Å²) in [6, 6.07) is 6.74. The van der Waals surface area contributed by atoms with E-state index >= 15 is 0 Å². The Morgan fingerprint density at radius 1 is 1.37 bits per heavy atom. The molecule has 0 saturated heterocycles. The Balaban J connectivity index is 2.35. The molecule has 0 spiro atoms. The zero-order valence-corrected chi connectivity index (χ0v) is 11.7. The van der Waals surface area contributed by atoms with Crippen LogP contribution < -0.4 is 10.5 Å². The third kappa shape index (κ3) is 3.25. The molecule has 1 aromatic carbocycles.